The van der Waals surface area contributed by atoms with Crippen LogP contribution in [0.25, 0.3) is 0 Å². The molecule has 0 bridgehead atoms. The maximum Gasteiger partial charge on any atom is 0.246 e. The molecule has 1 fully saturated rings. The third-order valence-electron chi connectivity index (χ3n) is 4.21. The minimum atomic E-state index is -0.177. The molecule has 3 rings (SSSR count). The fourth-order valence-corrected chi connectivity index (χ4v) is 3.06. The lowest BCUT2D eigenvalue weighted by Crippen LogP contribution is -2.51. The van der Waals surface area contributed by atoms with E-state index < -0.39 is 0 Å². The van der Waals surface area contributed by atoms with E-state index in [1.54, 1.807) is 0 Å². The zero-order chi connectivity index (χ0) is 14.7. The topological polar surface area (TPSA) is 53.6 Å². The van der Waals surface area contributed by atoms with Crippen molar-refractivity contribution < 1.29 is 9.53 Å². The van der Waals surface area contributed by atoms with Crippen molar-refractivity contribution in [1.29, 1.82) is 0 Å². The summed E-state index contributed by atoms with van der Waals surface area (Å²) < 4.78 is 5.64. The Morgan fingerprint density at radius 2 is 2.00 bits per heavy atom. The summed E-state index contributed by atoms with van der Waals surface area (Å²) in [6.07, 6.45) is 2.20. The number of carbonyl (C=O) groups excluding carboxylic acids is 1. The number of piperidine rings is 1. The molecular weight excluding hydrogens is 266 g/mol. The third-order valence-corrected chi connectivity index (χ3v) is 4.21. The number of ether oxygens (including phenoxy) is 1. The first kappa shape index (κ1) is 14.2. The predicted molar refractivity (Wildman–Crippen MR) is 83.6 cm³/mol. The molecule has 114 valence electrons. The molecule has 1 amide bonds. The second-order valence-corrected chi connectivity index (χ2v) is 5.60. The number of carbonyl (C=O) groups is 1. The van der Waals surface area contributed by atoms with E-state index in [0.29, 0.717) is 12.6 Å². The summed E-state index contributed by atoms with van der Waals surface area (Å²) in [5.41, 5.74) is 2.07. The molecule has 1 saturated heterocycles. The highest BCUT2D eigenvalue weighted by Gasteiger charge is 2.30. The SMILES string of the molecule is CCOC1CCN(C(=O)C2CNc3ccccc3N2)CC1. The van der Waals surface area contributed by atoms with Crippen LogP contribution in [0.5, 0.6) is 0 Å². The van der Waals surface area contributed by atoms with Gasteiger partial charge in [0.05, 0.1) is 17.5 Å². The smallest absolute Gasteiger partial charge is 0.246 e. The van der Waals surface area contributed by atoms with Gasteiger partial charge in [-0.1, -0.05) is 12.1 Å². The van der Waals surface area contributed by atoms with E-state index in [-0.39, 0.29) is 11.9 Å². The van der Waals surface area contributed by atoms with Gasteiger partial charge in [0.15, 0.2) is 0 Å². The predicted octanol–water partition coefficient (Wildman–Crippen LogP) is 1.92. The van der Waals surface area contributed by atoms with Crippen molar-refractivity contribution in [2.75, 3.05) is 36.9 Å². The highest BCUT2D eigenvalue weighted by molar-refractivity contribution is 5.88. The van der Waals surface area contributed by atoms with Gasteiger partial charge in [-0.15, -0.1) is 0 Å². The number of hydrogen-bond acceptors (Lipinski definition) is 4. The van der Waals surface area contributed by atoms with Crippen LogP contribution in [0.3, 0.4) is 0 Å². The number of nitrogens with one attached hydrogen (secondary N) is 2. The van der Waals surface area contributed by atoms with E-state index in [9.17, 15) is 4.79 Å². The standard InChI is InChI=1S/C16H23N3O2/c1-2-21-12-7-9-19(10-8-12)16(20)15-11-17-13-5-3-4-6-14(13)18-15/h3-6,12,15,17-18H,2,7-11H2,1H3. The minimum Gasteiger partial charge on any atom is -0.381 e. The molecule has 5 nitrogen and oxygen atoms in total. The number of hydrogen-bond donors (Lipinski definition) is 2. The Bertz CT molecular complexity index is 498. The van der Waals surface area contributed by atoms with Crippen molar-refractivity contribution in [2.24, 2.45) is 0 Å². The Kier molecular flexibility index (Phi) is 4.29. The molecule has 2 aliphatic heterocycles. The summed E-state index contributed by atoms with van der Waals surface area (Å²) in [6.45, 7) is 5.00. The van der Waals surface area contributed by atoms with Gasteiger partial charge in [0.25, 0.3) is 0 Å². The van der Waals surface area contributed by atoms with E-state index >= 15 is 0 Å². The highest BCUT2D eigenvalue weighted by atomic mass is 16.5. The summed E-state index contributed by atoms with van der Waals surface area (Å²) in [4.78, 5) is 14.6. The summed E-state index contributed by atoms with van der Waals surface area (Å²) in [6, 6.07) is 7.82. The number of anilines is 2. The Balaban J connectivity index is 1.57. The zero-order valence-electron chi connectivity index (χ0n) is 12.5. The van der Waals surface area contributed by atoms with E-state index in [4.69, 9.17) is 4.74 Å². The van der Waals surface area contributed by atoms with Crippen LogP contribution in [0.15, 0.2) is 24.3 Å². The Labute approximate surface area is 125 Å². The minimum absolute atomic E-state index is 0.177. The lowest BCUT2D eigenvalue weighted by Gasteiger charge is -2.36. The Morgan fingerprint density at radius 1 is 1.29 bits per heavy atom. The quantitative estimate of drug-likeness (QED) is 0.892. The van der Waals surface area contributed by atoms with Crippen LogP contribution in [0.4, 0.5) is 11.4 Å². The third kappa shape index (κ3) is 3.13. The van der Waals surface area contributed by atoms with E-state index in [2.05, 4.69) is 10.6 Å². The normalized spacial score (nSPS) is 22.1. The molecule has 1 aromatic rings. The van der Waals surface area contributed by atoms with Gasteiger partial charge in [-0.25, -0.2) is 0 Å². The molecular formula is C16H23N3O2. The highest BCUT2D eigenvalue weighted by Crippen LogP contribution is 2.26. The molecule has 5 heteroatoms. The molecule has 1 aromatic carbocycles. The van der Waals surface area contributed by atoms with Gasteiger partial charge in [0.2, 0.25) is 5.91 Å². The summed E-state index contributed by atoms with van der Waals surface area (Å²) in [5, 5.41) is 6.67. The number of benzene rings is 1. The number of amides is 1. The van der Waals surface area contributed by atoms with Gasteiger partial charge >= 0.3 is 0 Å². The van der Waals surface area contributed by atoms with Crippen molar-refractivity contribution in [3.05, 3.63) is 24.3 Å². The van der Waals surface area contributed by atoms with E-state index in [1.807, 2.05) is 36.1 Å². The van der Waals surface area contributed by atoms with Crippen LogP contribution in [0.2, 0.25) is 0 Å². The first-order valence-corrected chi connectivity index (χ1v) is 7.77. The fraction of sp³-hybridized carbons (Fsp3) is 0.562. The molecule has 1 atom stereocenters. The number of rotatable bonds is 3. The summed E-state index contributed by atoms with van der Waals surface area (Å²) in [7, 11) is 0. The first-order chi connectivity index (χ1) is 10.3. The summed E-state index contributed by atoms with van der Waals surface area (Å²) >= 11 is 0. The largest absolute Gasteiger partial charge is 0.381 e. The van der Waals surface area contributed by atoms with Gasteiger partial charge in [-0.05, 0) is 31.9 Å². The maximum atomic E-state index is 12.6. The fourth-order valence-electron chi connectivity index (χ4n) is 3.06. The lowest BCUT2D eigenvalue weighted by atomic mass is 10.1. The van der Waals surface area contributed by atoms with Crippen molar-refractivity contribution >= 4 is 17.3 Å². The average molecular weight is 289 g/mol. The second kappa shape index (κ2) is 6.35. The van der Waals surface area contributed by atoms with Gasteiger partial charge in [0.1, 0.15) is 6.04 Å². The van der Waals surface area contributed by atoms with Gasteiger partial charge in [-0.2, -0.15) is 0 Å². The molecule has 2 N–H and O–H groups in total. The van der Waals surface area contributed by atoms with Crippen LogP contribution < -0.4 is 10.6 Å². The Morgan fingerprint density at radius 3 is 2.71 bits per heavy atom. The number of para-hydroxylation sites is 2. The van der Waals surface area contributed by atoms with E-state index in [1.165, 1.54) is 0 Å². The zero-order valence-corrected chi connectivity index (χ0v) is 12.5. The van der Waals surface area contributed by atoms with E-state index in [0.717, 1.165) is 43.9 Å². The van der Waals surface area contributed by atoms with Crippen molar-refractivity contribution in [3.8, 4) is 0 Å². The van der Waals surface area contributed by atoms with Crippen LogP contribution in [-0.2, 0) is 9.53 Å². The van der Waals surface area contributed by atoms with Crippen LogP contribution in [-0.4, -0.2) is 49.2 Å². The summed E-state index contributed by atoms with van der Waals surface area (Å²) in [5.74, 6) is 0.187. The van der Waals surface area contributed by atoms with Gasteiger partial charge < -0.3 is 20.3 Å². The molecule has 2 heterocycles. The average Bonchev–Trinajstić information content (AvgIpc) is 2.55. The lowest BCUT2D eigenvalue weighted by molar-refractivity contribution is -0.134. The molecule has 0 aromatic heterocycles. The number of fused-ring (bicyclic) bond motifs is 1. The van der Waals surface area contributed by atoms with Gasteiger partial charge in [-0.3, -0.25) is 4.79 Å². The molecule has 0 spiro atoms. The molecule has 2 aliphatic rings. The van der Waals surface area contributed by atoms with Crippen molar-refractivity contribution in [2.45, 2.75) is 31.9 Å². The molecule has 1 unspecified atom stereocenters. The molecule has 0 saturated carbocycles. The molecule has 0 radical (unpaired) electrons. The van der Waals surface area contributed by atoms with Crippen LogP contribution >= 0.6 is 0 Å². The van der Waals surface area contributed by atoms with Gasteiger partial charge in [0, 0.05) is 26.2 Å². The molecule has 0 aliphatic carbocycles. The molecule has 21 heavy (non-hydrogen) atoms. The second-order valence-electron chi connectivity index (χ2n) is 5.60. The first-order valence-electron chi connectivity index (χ1n) is 7.77. The number of nitrogens with zero attached hydrogens (tertiary/aromatic N) is 1. The van der Waals surface area contributed by atoms with Crippen LogP contribution in [0.1, 0.15) is 19.8 Å². The van der Waals surface area contributed by atoms with Crippen molar-refractivity contribution in [3.63, 3.8) is 0 Å². The Hall–Kier alpha value is -1.75. The maximum absolute atomic E-state index is 12.6. The van der Waals surface area contributed by atoms with Crippen LogP contribution in [0, 0.1) is 0 Å². The number of likely N-dealkylation sites (tertiary alicyclic amines) is 1. The van der Waals surface area contributed by atoms with Crippen molar-refractivity contribution in [1.82, 2.24) is 4.90 Å². The monoisotopic (exact) mass is 289 g/mol.